The summed E-state index contributed by atoms with van der Waals surface area (Å²) < 4.78 is 2.35. The molecule has 0 saturated heterocycles. The molecule has 2 rings (SSSR count). The Kier molecular flexibility index (Phi) is 7.47. The summed E-state index contributed by atoms with van der Waals surface area (Å²) in [5.74, 6) is 0. The van der Waals surface area contributed by atoms with Crippen LogP contribution in [0.2, 0.25) is 0 Å². The van der Waals surface area contributed by atoms with Crippen LogP contribution in [0.4, 0.5) is 0 Å². The first-order chi connectivity index (χ1) is 6.47. The highest BCUT2D eigenvalue weighted by Crippen LogP contribution is 2.13. The molecular formula is C12H23N. The third-order valence-corrected chi connectivity index (χ3v) is 2.01. The van der Waals surface area contributed by atoms with Gasteiger partial charge in [-0.05, 0) is 31.4 Å². The number of hydrogen-bond donors (Lipinski definition) is 0. The highest BCUT2D eigenvalue weighted by atomic mass is 15.0. The largest absolute Gasteiger partial charge is 0.351 e. The van der Waals surface area contributed by atoms with E-state index in [4.69, 9.17) is 0 Å². The van der Waals surface area contributed by atoms with Gasteiger partial charge in [0, 0.05) is 18.4 Å². The fraction of sp³-hybridized carbons (Fsp3) is 0.667. The molecule has 1 aromatic rings. The zero-order chi connectivity index (χ0) is 10.1. The minimum absolute atomic E-state index is 1.24. The van der Waals surface area contributed by atoms with Gasteiger partial charge in [0.05, 0.1) is 0 Å². The zero-order valence-corrected chi connectivity index (χ0v) is 9.51. The van der Waals surface area contributed by atoms with Crippen molar-refractivity contribution in [3.8, 4) is 0 Å². The van der Waals surface area contributed by atoms with Crippen LogP contribution in [-0.2, 0) is 13.0 Å². The molecule has 0 fully saturated rings. The van der Waals surface area contributed by atoms with E-state index in [0.29, 0.717) is 0 Å². The first-order valence-electron chi connectivity index (χ1n) is 5.61. The lowest BCUT2D eigenvalue weighted by molar-refractivity contribution is 0.533. The average Bonchev–Trinajstić information content (AvgIpc) is 2.71. The summed E-state index contributed by atoms with van der Waals surface area (Å²) in [5.41, 5.74) is 1.52. The minimum atomic E-state index is 1.24. The molecule has 2 heterocycles. The van der Waals surface area contributed by atoms with Gasteiger partial charge in [-0.1, -0.05) is 27.7 Å². The van der Waals surface area contributed by atoms with Crippen LogP contribution in [-0.4, -0.2) is 4.57 Å². The van der Waals surface area contributed by atoms with Gasteiger partial charge in [0.1, 0.15) is 0 Å². The molecule has 1 aliphatic heterocycles. The summed E-state index contributed by atoms with van der Waals surface area (Å²) >= 11 is 0. The van der Waals surface area contributed by atoms with Crippen molar-refractivity contribution in [1.82, 2.24) is 4.57 Å². The second-order valence-electron chi connectivity index (χ2n) is 2.65. The number of hydrogen-bond acceptors (Lipinski definition) is 0. The average molecular weight is 181 g/mol. The van der Waals surface area contributed by atoms with E-state index in [1.165, 1.54) is 31.5 Å². The van der Waals surface area contributed by atoms with Crippen molar-refractivity contribution in [3.05, 3.63) is 24.0 Å². The summed E-state index contributed by atoms with van der Waals surface area (Å²) in [5, 5.41) is 0. The highest BCUT2D eigenvalue weighted by molar-refractivity contribution is 5.08. The van der Waals surface area contributed by atoms with E-state index < -0.39 is 0 Å². The summed E-state index contributed by atoms with van der Waals surface area (Å²) in [6, 6.07) is 4.36. The molecule has 76 valence electrons. The standard InChI is InChI=1S/C8H11N.2C2H6/c1-2-6-9-7-3-5-8(9)4-1;2*1-2/h3,5,7H,1-2,4,6H2;2*1-2H3. The van der Waals surface area contributed by atoms with E-state index in [-0.39, 0.29) is 0 Å². The highest BCUT2D eigenvalue weighted by Gasteiger charge is 2.04. The molecule has 0 unspecified atom stereocenters. The molecule has 1 heteroatoms. The first-order valence-corrected chi connectivity index (χ1v) is 5.61. The van der Waals surface area contributed by atoms with E-state index in [1.807, 2.05) is 27.7 Å². The topological polar surface area (TPSA) is 4.93 Å². The molecule has 0 bridgehead atoms. The van der Waals surface area contributed by atoms with Crippen molar-refractivity contribution in [1.29, 1.82) is 0 Å². The van der Waals surface area contributed by atoms with Crippen molar-refractivity contribution in [2.75, 3.05) is 0 Å². The maximum absolute atomic E-state index is 2.35. The maximum Gasteiger partial charge on any atom is 0.0222 e. The quantitative estimate of drug-likeness (QED) is 0.572. The molecule has 1 nitrogen and oxygen atoms in total. The van der Waals surface area contributed by atoms with E-state index in [0.717, 1.165) is 0 Å². The van der Waals surface area contributed by atoms with Crippen molar-refractivity contribution >= 4 is 0 Å². The Labute approximate surface area is 82.8 Å². The summed E-state index contributed by atoms with van der Waals surface area (Å²) in [6.07, 6.45) is 6.20. The summed E-state index contributed by atoms with van der Waals surface area (Å²) in [4.78, 5) is 0. The second kappa shape index (κ2) is 7.90. The zero-order valence-electron chi connectivity index (χ0n) is 9.51. The van der Waals surface area contributed by atoms with Crippen molar-refractivity contribution in [2.24, 2.45) is 0 Å². The van der Waals surface area contributed by atoms with Crippen LogP contribution in [0.5, 0.6) is 0 Å². The molecule has 0 saturated carbocycles. The minimum Gasteiger partial charge on any atom is -0.351 e. The third kappa shape index (κ3) is 3.67. The third-order valence-electron chi connectivity index (χ3n) is 2.01. The Bertz CT molecular complexity index is 180. The molecule has 13 heavy (non-hydrogen) atoms. The molecule has 0 atom stereocenters. The van der Waals surface area contributed by atoms with Crippen molar-refractivity contribution in [2.45, 2.75) is 53.5 Å². The van der Waals surface area contributed by atoms with E-state index in [1.54, 1.807) is 0 Å². The van der Waals surface area contributed by atoms with Gasteiger partial charge in [-0.2, -0.15) is 0 Å². The maximum atomic E-state index is 2.35. The predicted molar refractivity (Wildman–Crippen MR) is 60.1 cm³/mol. The van der Waals surface area contributed by atoms with Gasteiger partial charge in [0.2, 0.25) is 0 Å². The van der Waals surface area contributed by atoms with Crippen LogP contribution in [0.1, 0.15) is 46.2 Å². The number of rotatable bonds is 0. The molecule has 1 aromatic heterocycles. The SMILES string of the molecule is CC.CC.c1cc2n(c1)CCCC2. The van der Waals surface area contributed by atoms with Gasteiger partial charge in [-0.15, -0.1) is 0 Å². The second-order valence-corrected chi connectivity index (χ2v) is 2.65. The monoisotopic (exact) mass is 181 g/mol. The Morgan fingerprint density at radius 3 is 2.38 bits per heavy atom. The van der Waals surface area contributed by atoms with Gasteiger partial charge in [-0.25, -0.2) is 0 Å². The molecule has 0 amide bonds. The van der Waals surface area contributed by atoms with Crippen LogP contribution in [0.25, 0.3) is 0 Å². The molecule has 1 aliphatic rings. The lowest BCUT2D eigenvalue weighted by Gasteiger charge is -2.13. The summed E-state index contributed by atoms with van der Waals surface area (Å²) in [7, 11) is 0. The Hall–Kier alpha value is -0.720. The van der Waals surface area contributed by atoms with Gasteiger partial charge in [-0.3, -0.25) is 0 Å². The summed E-state index contributed by atoms with van der Waals surface area (Å²) in [6.45, 7) is 9.24. The predicted octanol–water partition coefficient (Wildman–Crippen LogP) is 3.88. The Morgan fingerprint density at radius 1 is 1.08 bits per heavy atom. The smallest absolute Gasteiger partial charge is 0.0222 e. The first kappa shape index (κ1) is 12.3. The molecule has 0 spiro atoms. The van der Waals surface area contributed by atoms with Crippen LogP contribution >= 0.6 is 0 Å². The van der Waals surface area contributed by atoms with E-state index in [2.05, 4.69) is 22.9 Å². The lowest BCUT2D eigenvalue weighted by atomic mass is 10.1. The molecule has 0 radical (unpaired) electrons. The molecule has 0 N–H and O–H groups in total. The van der Waals surface area contributed by atoms with Gasteiger partial charge < -0.3 is 4.57 Å². The number of aryl methyl sites for hydroxylation is 2. The van der Waals surface area contributed by atoms with Gasteiger partial charge in [0.15, 0.2) is 0 Å². The molecular weight excluding hydrogens is 158 g/mol. The van der Waals surface area contributed by atoms with Gasteiger partial charge >= 0.3 is 0 Å². The van der Waals surface area contributed by atoms with Crippen molar-refractivity contribution in [3.63, 3.8) is 0 Å². The fourth-order valence-corrected chi connectivity index (χ4v) is 1.48. The van der Waals surface area contributed by atoms with Crippen LogP contribution < -0.4 is 0 Å². The number of fused-ring (bicyclic) bond motifs is 1. The van der Waals surface area contributed by atoms with E-state index >= 15 is 0 Å². The lowest BCUT2D eigenvalue weighted by Crippen LogP contribution is -2.07. The number of aromatic nitrogens is 1. The van der Waals surface area contributed by atoms with Crippen LogP contribution in [0.15, 0.2) is 18.3 Å². The van der Waals surface area contributed by atoms with Crippen LogP contribution in [0.3, 0.4) is 0 Å². The molecule has 0 aliphatic carbocycles. The Balaban J connectivity index is 0.000000322. The van der Waals surface area contributed by atoms with E-state index in [9.17, 15) is 0 Å². The normalized spacial score (nSPS) is 12.9. The number of nitrogens with zero attached hydrogens (tertiary/aromatic N) is 1. The molecule has 0 aromatic carbocycles. The van der Waals surface area contributed by atoms with Crippen molar-refractivity contribution < 1.29 is 0 Å². The Morgan fingerprint density at radius 2 is 1.77 bits per heavy atom. The van der Waals surface area contributed by atoms with Gasteiger partial charge in [0.25, 0.3) is 0 Å². The fourth-order valence-electron chi connectivity index (χ4n) is 1.48. The van der Waals surface area contributed by atoms with Crippen LogP contribution in [0, 0.1) is 0 Å².